The second kappa shape index (κ2) is 24.0. The fourth-order valence-corrected chi connectivity index (χ4v) is 2.02. The summed E-state index contributed by atoms with van der Waals surface area (Å²) in [5.41, 5.74) is 0. The molecular formula is C22H46O7. The summed E-state index contributed by atoms with van der Waals surface area (Å²) in [6.07, 6.45) is 2.29. The molecule has 2 atom stereocenters. The number of hydrogen-bond donors (Lipinski definition) is 0. The Balaban J connectivity index is 3.03. The van der Waals surface area contributed by atoms with Crippen LogP contribution < -0.4 is 0 Å². The van der Waals surface area contributed by atoms with Crippen molar-refractivity contribution in [2.75, 3.05) is 92.5 Å². The molecule has 0 amide bonds. The molecule has 0 saturated carbocycles. The summed E-state index contributed by atoms with van der Waals surface area (Å²) in [5, 5.41) is 0. The third-order valence-corrected chi connectivity index (χ3v) is 4.43. The van der Waals surface area contributed by atoms with Gasteiger partial charge in [0, 0.05) is 13.2 Å². The summed E-state index contributed by atoms with van der Waals surface area (Å²) in [6, 6.07) is 0. The van der Waals surface area contributed by atoms with Gasteiger partial charge in [-0.05, 0) is 11.8 Å². The lowest BCUT2D eigenvalue weighted by atomic mass is 10.1. The zero-order chi connectivity index (χ0) is 21.4. The van der Waals surface area contributed by atoms with Crippen LogP contribution in [-0.2, 0) is 33.2 Å². The van der Waals surface area contributed by atoms with Crippen LogP contribution in [0.3, 0.4) is 0 Å². The van der Waals surface area contributed by atoms with Crippen molar-refractivity contribution < 1.29 is 33.2 Å². The minimum absolute atomic E-state index is 0.561. The van der Waals surface area contributed by atoms with Crippen LogP contribution in [0.25, 0.3) is 0 Å². The Morgan fingerprint density at radius 3 is 0.793 bits per heavy atom. The van der Waals surface area contributed by atoms with Crippen LogP contribution >= 0.6 is 0 Å². The van der Waals surface area contributed by atoms with Crippen molar-refractivity contribution in [1.29, 1.82) is 0 Å². The van der Waals surface area contributed by atoms with Crippen molar-refractivity contribution >= 4 is 0 Å². The second-order valence-corrected chi connectivity index (χ2v) is 7.24. The number of hydrogen-bond acceptors (Lipinski definition) is 7. The maximum atomic E-state index is 5.52. The Morgan fingerprint density at radius 1 is 0.379 bits per heavy atom. The van der Waals surface area contributed by atoms with Gasteiger partial charge in [-0.25, -0.2) is 0 Å². The third-order valence-electron chi connectivity index (χ3n) is 4.43. The highest BCUT2D eigenvalue weighted by Crippen LogP contribution is 2.00. The van der Waals surface area contributed by atoms with Gasteiger partial charge in [0.05, 0.1) is 79.3 Å². The Hall–Kier alpha value is -0.280. The predicted octanol–water partition coefficient (Wildman–Crippen LogP) is 3.19. The molecule has 0 aliphatic rings. The average molecular weight is 423 g/mol. The van der Waals surface area contributed by atoms with Gasteiger partial charge in [0.1, 0.15) is 0 Å². The summed E-state index contributed by atoms with van der Waals surface area (Å²) in [5.74, 6) is 1.22. The van der Waals surface area contributed by atoms with E-state index in [0.717, 1.165) is 26.1 Å². The summed E-state index contributed by atoms with van der Waals surface area (Å²) in [4.78, 5) is 0. The highest BCUT2D eigenvalue weighted by Gasteiger charge is 1.99. The molecule has 0 aromatic heterocycles. The Bertz CT molecular complexity index is 277. The van der Waals surface area contributed by atoms with Crippen LogP contribution in [0, 0.1) is 11.8 Å². The van der Waals surface area contributed by atoms with E-state index in [1.807, 2.05) is 0 Å². The molecule has 0 heterocycles. The van der Waals surface area contributed by atoms with Gasteiger partial charge in [-0.3, -0.25) is 0 Å². The molecule has 2 unspecified atom stereocenters. The lowest BCUT2D eigenvalue weighted by Crippen LogP contribution is -2.15. The van der Waals surface area contributed by atoms with Gasteiger partial charge in [0.2, 0.25) is 0 Å². The van der Waals surface area contributed by atoms with Crippen molar-refractivity contribution in [1.82, 2.24) is 0 Å². The van der Waals surface area contributed by atoms with E-state index in [-0.39, 0.29) is 0 Å². The molecule has 0 aromatic rings. The SMILES string of the molecule is CCC(C)COCCOCCOCCOCCOCCOCCOCC(C)CC. The fraction of sp³-hybridized carbons (Fsp3) is 1.00. The standard InChI is InChI=1S/C22H46O7/c1-5-21(3)19-28-17-15-26-13-11-24-9-7-23-8-10-25-12-14-27-16-18-29-20-22(4)6-2/h21-22H,5-20H2,1-4H3. The molecule has 0 saturated heterocycles. The third kappa shape index (κ3) is 23.9. The monoisotopic (exact) mass is 422 g/mol. The zero-order valence-corrected chi connectivity index (χ0v) is 19.3. The number of ether oxygens (including phenoxy) is 7. The molecule has 0 fully saturated rings. The van der Waals surface area contributed by atoms with Gasteiger partial charge in [-0.2, -0.15) is 0 Å². The normalized spacial score (nSPS) is 13.7. The van der Waals surface area contributed by atoms with Crippen LogP contribution in [0.5, 0.6) is 0 Å². The molecule has 0 spiro atoms. The van der Waals surface area contributed by atoms with E-state index in [4.69, 9.17) is 33.2 Å². The van der Waals surface area contributed by atoms with Crippen molar-refractivity contribution in [3.05, 3.63) is 0 Å². The van der Waals surface area contributed by atoms with E-state index in [0.29, 0.717) is 91.1 Å². The topological polar surface area (TPSA) is 64.6 Å². The molecule has 0 radical (unpaired) electrons. The second-order valence-electron chi connectivity index (χ2n) is 7.24. The van der Waals surface area contributed by atoms with Gasteiger partial charge >= 0.3 is 0 Å². The molecule has 0 rings (SSSR count). The van der Waals surface area contributed by atoms with Crippen LogP contribution in [0.2, 0.25) is 0 Å². The first-order valence-corrected chi connectivity index (χ1v) is 11.2. The lowest BCUT2D eigenvalue weighted by molar-refractivity contribution is -0.0223. The molecular weight excluding hydrogens is 376 g/mol. The summed E-state index contributed by atoms with van der Waals surface area (Å²) >= 11 is 0. The van der Waals surface area contributed by atoms with Crippen LogP contribution in [0.1, 0.15) is 40.5 Å². The molecule has 176 valence electrons. The first kappa shape index (κ1) is 28.7. The molecule has 0 bridgehead atoms. The smallest absolute Gasteiger partial charge is 0.0701 e. The molecule has 0 aliphatic carbocycles. The number of rotatable bonds is 24. The summed E-state index contributed by atoms with van der Waals surface area (Å²) in [7, 11) is 0. The maximum absolute atomic E-state index is 5.52. The Kier molecular flexibility index (Phi) is 23.8. The quantitative estimate of drug-likeness (QED) is 0.221. The molecule has 29 heavy (non-hydrogen) atoms. The fourth-order valence-electron chi connectivity index (χ4n) is 2.02. The van der Waals surface area contributed by atoms with E-state index in [1.165, 1.54) is 0 Å². The summed E-state index contributed by atoms with van der Waals surface area (Å²) < 4.78 is 38.3. The molecule has 0 N–H and O–H groups in total. The van der Waals surface area contributed by atoms with Crippen molar-refractivity contribution in [3.8, 4) is 0 Å². The first-order valence-electron chi connectivity index (χ1n) is 11.2. The maximum Gasteiger partial charge on any atom is 0.0701 e. The Morgan fingerprint density at radius 2 is 0.586 bits per heavy atom. The molecule has 0 aliphatic heterocycles. The highest BCUT2D eigenvalue weighted by atomic mass is 16.6. The van der Waals surface area contributed by atoms with Crippen molar-refractivity contribution in [2.45, 2.75) is 40.5 Å². The lowest BCUT2D eigenvalue weighted by Gasteiger charge is -2.10. The Labute approximate surface area is 178 Å². The van der Waals surface area contributed by atoms with Crippen molar-refractivity contribution in [3.63, 3.8) is 0 Å². The minimum atomic E-state index is 0.561. The van der Waals surface area contributed by atoms with Crippen LogP contribution in [0.4, 0.5) is 0 Å². The predicted molar refractivity (Wildman–Crippen MR) is 115 cm³/mol. The van der Waals surface area contributed by atoms with Gasteiger partial charge in [0.15, 0.2) is 0 Å². The molecule has 0 aromatic carbocycles. The van der Waals surface area contributed by atoms with Gasteiger partial charge in [0.25, 0.3) is 0 Å². The molecule has 7 heteroatoms. The van der Waals surface area contributed by atoms with Gasteiger partial charge in [-0.15, -0.1) is 0 Å². The van der Waals surface area contributed by atoms with Gasteiger partial charge < -0.3 is 33.2 Å². The van der Waals surface area contributed by atoms with Crippen LogP contribution in [0.15, 0.2) is 0 Å². The first-order chi connectivity index (χ1) is 14.2. The van der Waals surface area contributed by atoms with E-state index in [2.05, 4.69) is 27.7 Å². The van der Waals surface area contributed by atoms with E-state index >= 15 is 0 Å². The van der Waals surface area contributed by atoms with E-state index in [1.54, 1.807) is 0 Å². The van der Waals surface area contributed by atoms with E-state index < -0.39 is 0 Å². The highest BCUT2D eigenvalue weighted by molar-refractivity contribution is 4.46. The minimum Gasteiger partial charge on any atom is -0.379 e. The van der Waals surface area contributed by atoms with Crippen LogP contribution in [-0.4, -0.2) is 92.5 Å². The van der Waals surface area contributed by atoms with Gasteiger partial charge in [-0.1, -0.05) is 40.5 Å². The van der Waals surface area contributed by atoms with E-state index in [9.17, 15) is 0 Å². The zero-order valence-electron chi connectivity index (χ0n) is 19.3. The molecule has 7 nitrogen and oxygen atoms in total. The van der Waals surface area contributed by atoms with Crippen molar-refractivity contribution in [2.24, 2.45) is 11.8 Å². The summed E-state index contributed by atoms with van der Waals surface area (Å²) in [6.45, 7) is 17.4. The average Bonchev–Trinajstić information content (AvgIpc) is 2.74. The largest absolute Gasteiger partial charge is 0.379 e.